The standard InChI is InChI=1S/C15H17NO3S/c1-15(18,12-7-8-20-9-12)10-16-14(17)11-3-5-13(19-2)6-4-11/h3-9,18H,10H2,1-2H3,(H,16,17). The average molecular weight is 291 g/mol. The predicted octanol–water partition coefficient (Wildman–Crippen LogP) is 2.39. The van der Waals surface area contributed by atoms with Gasteiger partial charge in [0.05, 0.1) is 13.7 Å². The number of thiophene rings is 1. The van der Waals surface area contributed by atoms with Crippen molar-refractivity contribution in [2.24, 2.45) is 0 Å². The molecule has 0 fully saturated rings. The van der Waals surface area contributed by atoms with Crippen LogP contribution in [-0.2, 0) is 5.60 Å². The lowest BCUT2D eigenvalue weighted by atomic mass is 9.99. The van der Waals surface area contributed by atoms with Crippen molar-refractivity contribution in [2.45, 2.75) is 12.5 Å². The van der Waals surface area contributed by atoms with Crippen LogP contribution in [0.3, 0.4) is 0 Å². The summed E-state index contributed by atoms with van der Waals surface area (Å²) < 4.78 is 5.04. The lowest BCUT2D eigenvalue weighted by Crippen LogP contribution is -2.38. The fourth-order valence-electron chi connectivity index (χ4n) is 1.77. The van der Waals surface area contributed by atoms with E-state index < -0.39 is 5.60 Å². The molecule has 2 aromatic rings. The van der Waals surface area contributed by atoms with Gasteiger partial charge in [-0.2, -0.15) is 11.3 Å². The van der Waals surface area contributed by atoms with Crippen LogP contribution in [0.2, 0.25) is 0 Å². The minimum atomic E-state index is -1.07. The summed E-state index contributed by atoms with van der Waals surface area (Å²) in [6.07, 6.45) is 0. The van der Waals surface area contributed by atoms with Crippen LogP contribution in [-0.4, -0.2) is 24.7 Å². The molecular formula is C15H17NO3S. The summed E-state index contributed by atoms with van der Waals surface area (Å²) in [5.41, 5.74) is 0.270. The monoisotopic (exact) mass is 291 g/mol. The highest BCUT2D eigenvalue weighted by Crippen LogP contribution is 2.22. The molecule has 4 nitrogen and oxygen atoms in total. The van der Waals surface area contributed by atoms with Crippen LogP contribution in [0.1, 0.15) is 22.8 Å². The Morgan fingerprint density at radius 2 is 2.05 bits per heavy atom. The summed E-state index contributed by atoms with van der Waals surface area (Å²) in [5.74, 6) is 0.481. The highest BCUT2D eigenvalue weighted by atomic mass is 32.1. The van der Waals surface area contributed by atoms with Gasteiger partial charge in [0.15, 0.2) is 0 Å². The molecule has 0 radical (unpaired) electrons. The highest BCUT2D eigenvalue weighted by Gasteiger charge is 2.24. The van der Waals surface area contributed by atoms with Crippen LogP contribution >= 0.6 is 11.3 Å². The van der Waals surface area contributed by atoms with E-state index in [-0.39, 0.29) is 12.5 Å². The third-order valence-corrected chi connectivity index (χ3v) is 3.77. The van der Waals surface area contributed by atoms with Gasteiger partial charge in [-0.1, -0.05) is 0 Å². The smallest absolute Gasteiger partial charge is 0.251 e. The summed E-state index contributed by atoms with van der Waals surface area (Å²) in [5, 5.41) is 16.8. The summed E-state index contributed by atoms with van der Waals surface area (Å²) >= 11 is 1.51. The zero-order valence-corrected chi connectivity index (χ0v) is 12.2. The van der Waals surface area contributed by atoms with Gasteiger partial charge in [0.25, 0.3) is 5.91 Å². The van der Waals surface area contributed by atoms with Crippen LogP contribution in [0.15, 0.2) is 41.1 Å². The van der Waals surface area contributed by atoms with Crippen LogP contribution in [0.5, 0.6) is 5.75 Å². The van der Waals surface area contributed by atoms with Crippen molar-refractivity contribution in [1.82, 2.24) is 5.32 Å². The predicted molar refractivity (Wildman–Crippen MR) is 79.2 cm³/mol. The van der Waals surface area contributed by atoms with Crippen LogP contribution in [0.25, 0.3) is 0 Å². The normalized spacial score (nSPS) is 13.6. The van der Waals surface area contributed by atoms with Gasteiger partial charge in [-0.25, -0.2) is 0 Å². The number of hydrogen-bond acceptors (Lipinski definition) is 4. The lowest BCUT2D eigenvalue weighted by Gasteiger charge is -2.22. The molecule has 5 heteroatoms. The Morgan fingerprint density at radius 3 is 2.60 bits per heavy atom. The minimum absolute atomic E-state index is 0.161. The largest absolute Gasteiger partial charge is 0.497 e. The summed E-state index contributed by atoms with van der Waals surface area (Å²) in [7, 11) is 1.58. The molecule has 0 aliphatic carbocycles. The number of amides is 1. The quantitative estimate of drug-likeness (QED) is 0.889. The van der Waals surface area contributed by atoms with Gasteiger partial charge in [-0.05, 0) is 53.6 Å². The van der Waals surface area contributed by atoms with Gasteiger partial charge in [0, 0.05) is 5.56 Å². The van der Waals surface area contributed by atoms with Gasteiger partial charge in [0.2, 0.25) is 0 Å². The van der Waals surface area contributed by atoms with Crippen molar-refractivity contribution in [3.05, 3.63) is 52.2 Å². The number of carbonyl (C=O) groups is 1. The number of carbonyl (C=O) groups excluding carboxylic acids is 1. The first-order valence-corrected chi connectivity index (χ1v) is 7.14. The second-order valence-corrected chi connectivity index (χ2v) is 5.48. The molecule has 1 unspecified atom stereocenters. The Kier molecular flexibility index (Phi) is 4.42. The second kappa shape index (κ2) is 6.07. The molecular weight excluding hydrogens is 274 g/mol. The molecule has 1 atom stereocenters. The summed E-state index contributed by atoms with van der Waals surface area (Å²) in [6.45, 7) is 1.85. The molecule has 0 saturated carbocycles. The molecule has 1 heterocycles. The van der Waals surface area contributed by atoms with Gasteiger partial charge >= 0.3 is 0 Å². The third kappa shape index (κ3) is 3.37. The van der Waals surface area contributed by atoms with Crippen molar-refractivity contribution in [3.63, 3.8) is 0 Å². The number of rotatable bonds is 5. The molecule has 0 aliphatic rings. The molecule has 20 heavy (non-hydrogen) atoms. The van der Waals surface area contributed by atoms with E-state index in [1.807, 2.05) is 16.8 Å². The van der Waals surface area contributed by atoms with Crippen molar-refractivity contribution in [2.75, 3.05) is 13.7 Å². The molecule has 1 aromatic heterocycles. The molecule has 1 aromatic carbocycles. The lowest BCUT2D eigenvalue weighted by molar-refractivity contribution is 0.0530. The second-order valence-electron chi connectivity index (χ2n) is 4.70. The van der Waals surface area contributed by atoms with E-state index in [0.29, 0.717) is 11.3 Å². The van der Waals surface area contributed by atoms with Crippen LogP contribution in [0, 0.1) is 0 Å². The van der Waals surface area contributed by atoms with Crippen molar-refractivity contribution >= 4 is 17.2 Å². The first-order valence-electron chi connectivity index (χ1n) is 6.20. The molecule has 0 aliphatic heterocycles. The van der Waals surface area contributed by atoms with Gasteiger partial charge in [0.1, 0.15) is 11.4 Å². The van der Waals surface area contributed by atoms with Gasteiger partial charge < -0.3 is 15.2 Å². The van der Waals surface area contributed by atoms with E-state index >= 15 is 0 Å². The van der Waals surface area contributed by atoms with E-state index in [1.54, 1.807) is 38.3 Å². The number of ether oxygens (including phenoxy) is 1. The van der Waals surface area contributed by atoms with E-state index in [1.165, 1.54) is 11.3 Å². The Labute approximate surface area is 122 Å². The number of aliphatic hydroxyl groups is 1. The first kappa shape index (κ1) is 14.6. The number of methoxy groups -OCH3 is 1. The molecule has 2 N–H and O–H groups in total. The topological polar surface area (TPSA) is 58.6 Å². The Bertz CT molecular complexity index is 561. The highest BCUT2D eigenvalue weighted by molar-refractivity contribution is 7.08. The molecule has 1 amide bonds. The molecule has 0 spiro atoms. The minimum Gasteiger partial charge on any atom is -0.497 e. The zero-order valence-electron chi connectivity index (χ0n) is 11.4. The molecule has 0 bridgehead atoms. The van der Waals surface area contributed by atoms with E-state index in [0.717, 1.165) is 5.56 Å². The Balaban J connectivity index is 1.98. The maximum atomic E-state index is 12.0. The van der Waals surface area contributed by atoms with Crippen LogP contribution in [0.4, 0.5) is 0 Å². The van der Waals surface area contributed by atoms with E-state index in [9.17, 15) is 9.90 Å². The number of hydrogen-bond donors (Lipinski definition) is 2. The molecule has 0 saturated heterocycles. The van der Waals surface area contributed by atoms with E-state index in [4.69, 9.17) is 4.74 Å². The SMILES string of the molecule is COc1ccc(C(=O)NCC(C)(O)c2ccsc2)cc1. The fraction of sp³-hybridized carbons (Fsp3) is 0.267. The zero-order chi connectivity index (χ0) is 14.6. The maximum absolute atomic E-state index is 12.0. The van der Waals surface area contributed by atoms with Crippen molar-refractivity contribution in [1.29, 1.82) is 0 Å². The average Bonchev–Trinajstić information content (AvgIpc) is 3.00. The summed E-state index contributed by atoms with van der Waals surface area (Å²) in [4.78, 5) is 12.0. The molecule has 106 valence electrons. The van der Waals surface area contributed by atoms with E-state index in [2.05, 4.69) is 5.32 Å². The first-order chi connectivity index (χ1) is 9.53. The van der Waals surface area contributed by atoms with Gasteiger partial charge in [-0.15, -0.1) is 0 Å². The number of benzene rings is 1. The van der Waals surface area contributed by atoms with Crippen molar-refractivity contribution < 1.29 is 14.6 Å². The fourth-order valence-corrected chi connectivity index (χ4v) is 2.55. The van der Waals surface area contributed by atoms with Crippen LogP contribution < -0.4 is 10.1 Å². The summed E-state index contributed by atoms with van der Waals surface area (Å²) in [6, 6.07) is 8.68. The Hall–Kier alpha value is -1.85. The third-order valence-electron chi connectivity index (χ3n) is 3.09. The Morgan fingerprint density at radius 1 is 1.35 bits per heavy atom. The molecule has 2 rings (SSSR count). The van der Waals surface area contributed by atoms with Gasteiger partial charge in [-0.3, -0.25) is 4.79 Å². The number of nitrogens with one attached hydrogen (secondary N) is 1. The van der Waals surface area contributed by atoms with Crippen molar-refractivity contribution in [3.8, 4) is 5.75 Å². The maximum Gasteiger partial charge on any atom is 0.251 e.